The van der Waals surface area contributed by atoms with Crippen molar-refractivity contribution in [3.8, 4) is 10.9 Å². The van der Waals surface area contributed by atoms with Gasteiger partial charge < -0.3 is 14.4 Å². The molecular weight excluding hydrogens is 364 g/mol. The molecule has 0 bridgehead atoms. The van der Waals surface area contributed by atoms with Crippen LogP contribution in [0.2, 0.25) is 0 Å². The van der Waals surface area contributed by atoms with E-state index in [0.29, 0.717) is 24.1 Å². The lowest BCUT2D eigenvalue weighted by atomic mass is 9.98. The first-order valence-electron chi connectivity index (χ1n) is 8.98. The lowest BCUT2D eigenvalue weighted by Gasteiger charge is -2.18. The number of aromatic nitrogens is 5. The smallest absolute Gasteiger partial charge is 0.286 e. The fourth-order valence-electron chi connectivity index (χ4n) is 3.31. The van der Waals surface area contributed by atoms with E-state index in [9.17, 15) is 0 Å². The fourth-order valence-corrected chi connectivity index (χ4v) is 4.26. The van der Waals surface area contributed by atoms with Gasteiger partial charge in [-0.15, -0.1) is 11.3 Å². The minimum atomic E-state index is 0.372. The summed E-state index contributed by atoms with van der Waals surface area (Å²) >= 11 is 1.54. The van der Waals surface area contributed by atoms with Crippen LogP contribution in [0.3, 0.4) is 0 Å². The summed E-state index contributed by atoms with van der Waals surface area (Å²) in [5.74, 6) is 2.92. The molecule has 1 aliphatic rings. The second-order valence-electron chi connectivity index (χ2n) is 6.72. The molecule has 0 unspecified atom stereocenters. The highest BCUT2D eigenvalue weighted by atomic mass is 32.1. The van der Waals surface area contributed by atoms with E-state index in [-0.39, 0.29) is 0 Å². The van der Waals surface area contributed by atoms with Crippen molar-refractivity contribution in [2.45, 2.75) is 32.1 Å². The van der Waals surface area contributed by atoms with Gasteiger partial charge in [-0.2, -0.15) is 9.97 Å². The standard InChI is InChI=1S/C18H18N6O2S/c1-10-20-17(26-23-10)18-21-13-3-2-11(8-14(13)27-18)9-15-22-16(25-24-15)12-4-6-19-7-5-12/h2-3,8,12,19H,4-7,9H2,1H3. The SMILES string of the molecule is Cc1noc(-c2nc3ccc(Cc4noc(C5CCNCC5)n4)cc3s2)n1. The third kappa shape index (κ3) is 3.35. The Kier molecular flexibility index (Phi) is 4.17. The van der Waals surface area contributed by atoms with Gasteiger partial charge in [0.2, 0.25) is 5.89 Å². The normalized spacial score (nSPS) is 15.6. The average molecular weight is 382 g/mol. The zero-order valence-electron chi connectivity index (χ0n) is 14.8. The summed E-state index contributed by atoms with van der Waals surface area (Å²) in [7, 11) is 0. The highest BCUT2D eigenvalue weighted by Crippen LogP contribution is 2.30. The van der Waals surface area contributed by atoms with Crippen molar-refractivity contribution >= 4 is 21.6 Å². The van der Waals surface area contributed by atoms with Crippen LogP contribution >= 0.6 is 11.3 Å². The van der Waals surface area contributed by atoms with Crippen LogP contribution in [-0.2, 0) is 6.42 Å². The Morgan fingerprint density at radius 1 is 1.11 bits per heavy atom. The Balaban J connectivity index is 1.36. The molecule has 0 radical (unpaired) electrons. The molecule has 4 aromatic rings. The summed E-state index contributed by atoms with van der Waals surface area (Å²) < 4.78 is 11.8. The zero-order chi connectivity index (χ0) is 18.2. The van der Waals surface area contributed by atoms with Crippen LogP contribution in [0.1, 0.15) is 41.9 Å². The number of hydrogen-bond acceptors (Lipinski definition) is 9. The van der Waals surface area contributed by atoms with E-state index in [1.165, 1.54) is 11.3 Å². The maximum Gasteiger partial charge on any atom is 0.286 e. The second-order valence-corrected chi connectivity index (χ2v) is 7.75. The molecule has 9 heteroatoms. The van der Waals surface area contributed by atoms with Crippen molar-refractivity contribution in [3.63, 3.8) is 0 Å². The Morgan fingerprint density at radius 2 is 2.00 bits per heavy atom. The summed E-state index contributed by atoms with van der Waals surface area (Å²) in [6.45, 7) is 3.81. The van der Waals surface area contributed by atoms with Crippen molar-refractivity contribution in [3.05, 3.63) is 41.3 Å². The third-order valence-corrected chi connectivity index (χ3v) is 5.70. The van der Waals surface area contributed by atoms with Gasteiger partial charge in [0, 0.05) is 12.3 Å². The number of nitrogens with one attached hydrogen (secondary N) is 1. The molecule has 27 heavy (non-hydrogen) atoms. The predicted molar refractivity (Wildman–Crippen MR) is 99.6 cm³/mol. The van der Waals surface area contributed by atoms with Crippen LogP contribution in [-0.4, -0.2) is 38.4 Å². The quantitative estimate of drug-likeness (QED) is 0.574. The number of hydrogen-bond donors (Lipinski definition) is 1. The third-order valence-electron chi connectivity index (χ3n) is 4.70. The number of nitrogens with zero attached hydrogens (tertiary/aromatic N) is 5. The van der Waals surface area contributed by atoms with Crippen LogP contribution in [0, 0.1) is 6.92 Å². The monoisotopic (exact) mass is 382 g/mol. The molecule has 1 aliphatic heterocycles. The summed E-state index contributed by atoms with van der Waals surface area (Å²) in [6, 6.07) is 6.16. The van der Waals surface area contributed by atoms with E-state index >= 15 is 0 Å². The number of piperidine rings is 1. The largest absolute Gasteiger partial charge is 0.339 e. The zero-order valence-corrected chi connectivity index (χ0v) is 15.6. The maximum absolute atomic E-state index is 5.50. The minimum absolute atomic E-state index is 0.372. The molecule has 5 rings (SSSR count). The van der Waals surface area contributed by atoms with E-state index < -0.39 is 0 Å². The highest BCUT2D eigenvalue weighted by molar-refractivity contribution is 7.21. The van der Waals surface area contributed by atoms with Gasteiger partial charge in [-0.25, -0.2) is 4.98 Å². The topological polar surface area (TPSA) is 103 Å². The van der Waals surface area contributed by atoms with Gasteiger partial charge in [0.25, 0.3) is 5.89 Å². The van der Waals surface area contributed by atoms with Crippen LogP contribution < -0.4 is 5.32 Å². The first-order valence-corrected chi connectivity index (χ1v) is 9.79. The molecule has 0 amide bonds. The minimum Gasteiger partial charge on any atom is -0.339 e. The van der Waals surface area contributed by atoms with Gasteiger partial charge in [-0.3, -0.25) is 0 Å². The Morgan fingerprint density at radius 3 is 2.81 bits per heavy atom. The van der Waals surface area contributed by atoms with Gasteiger partial charge in [-0.05, 0) is 50.6 Å². The van der Waals surface area contributed by atoms with E-state index in [2.05, 4.69) is 36.6 Å². The average Bonchev–Trinajstić information content (AvgIpc) is 3.41. The molecule has 0 saturated carbocycles. The molecule has 3 aromatic heterocycles. The Hall–Kier alpha value is -2.65. The number of benzene rings is 1. The van der Waals surface area contributed by atoms with Gasteiger partial charge in [-0.1, -0.05) is 16.4 Å². The molecular formula is C18H18N6O2S. The maximum atomic E-state index is 5.50. The number of fused-ring (bicyclic) bond motifs is 1. The van der Waals surface area contributed by atoms with E-state index in [1.54, 1.807) is 6.92 Å². The number of aryl methyl sites for hydroxylation is 1. The molecule has 1 fully saturated rings. The molecule has 1 N–H and O–H groups in total. The molecule has 8 nitrogen and oxygen atoms in total. The predicted octanol–water partition coefficient (Wildman–Crippen LogP) is 3.10. The van der Waals surface area contributed by atoms with E-state index in [1.807, 2.05) is 12.1 Å². The van der Waals surface area contributed by atoms with Crippen molar-refractivity contribution < 1.29 is 9.05 Å². The van der Waals surface area contributed by atoms with Crippen molar-refractivity contribution in [2.75, 3.05) is 13.1 Å². The van der Waals surface area contributed by atoms with Crippen molar-refractivity contribution in [1.29, 1.82) is 0 Å². The first kappa shape index (κ1) is 16.5. The van der Waals surface area contributed by atoms with E-state index in [4.69, 9.17) is 9.05 Å². The lowest BCUT2D eigenvalue weighted by molar-refractivity contribution is 0.318. The summed E-state index contributed by atoms with van der Waals surface area (Å²) in [6.07, 6.45) is 2.73. The summed E-state index contributed by atoms with van der Waals surface area (Å²) in [5.41, 5.74) is 2.04. The summed E-state index contributed by atoms with van der Waals surface area (Å²) in [5, 5.41) is 12.1. The van der Waals surface area contributed by atoms with Gasteiger partial charge >= 0.3 is 0 Å². The number of rotatable bonds is 4. The Labute approximate surface area is 159 Å². The van der Waals surface area contributed by atoms with Crippen LogP contribution in [0.15, 0.2) is 27.2 Å². The fraction of sp³-hybridized carbons (Fsp3) is 0.389. The Bertz CT molecular complexity index is 1080. The van der Waals surface area contributed by atoms with Gasteiger partial charge in [0.05, 0.1) is 10.2 Å². The van der Waals surface area contributed by atoms with Crippen molar-refractivity contribution in [1.82, 2.24) is 30.6 Å². The lowest BCUT2D eigenvalue weighted by Crippen LogP contribution is -2.26. The second kappa shape index (κ2) is 6.82. The summed E-state index contributed by atoms with van der Waals surface area (Å²) in [4.78, 5) is 13.4. The molecule has 4 heterocycles. The van der Waals surface area contributed by atoms with E-state index in [0.717, 1.165) is 58.4 Å². The number of thiazole rings is 1. The molecule has 0 atom stereocenters. The van der Waals surface area contributed by atoms with Crippen molar-refractivity contribution in [2.24, 2.45) is 0 Å². The molecule has 1 saturated heterocycles. The van der Waals surface area contributed by atoms with Crippen LogP contribution in [0.4, 0.5) is 0 Å². The highest BCUT2D eigenvalue weighted by Gasteiger charge is 2.21. The van der Waals surface area contributed by atoms with Crippen LogP contribution in [0.5, 0.6) is 0 Å². The van der Waals surface area contributed by atoms with Gasteiger partial charge in [0.1, 0.15) is 0 Å². The first-order chi connectivity index (χ1) is 13.2. The molecule has 1 aromatic carbocycles. The molecule has 0 spiro atoms. The van der Waals surface area contributed by atoms with Crippen LogP contribution in [0.25, 0.3) is 21.1 Å². The molecule has 138 valence electrons. The van der Waals surface area contributed by atoms with Gasteiger partial charge in [0.15, 0.2) is 16.7 Å². The molecule has 0 aliphatic carbocycles.